The topological polar surface area (TPSA) is 0 Å². The highest BCUT2D eigenvalue weighted by molar-refractivity contribution is 6.55. The Morgan fingerprint density at radius 3 is 2.60 bits per heavy atom. The van der Waals surface area contributed by atoms with Gasteiger partial charge >= 0.3 is 0 Å². The van der Waals surface area contributed by atoms with Crippen LogP contribution in [0.1, 0.15) is 19.3 Å². The average molecular weight is 237 g/mol. The molecule has 0 aliphatic rings. The van der Waals surface area contributed by atoms with Crippen molar-refractivity contribution in [1.82, 2.24) is 0 Å². The van der Waals surface area contributed by atoms with Gasteiger partial charge in [-0.15, -0.1) is 18.2 Å². The maximum atomic E-state index is 5.66. The average Bonchev–Trinajstić information content (AvgIpc) is 2.29. The molecule has 1 rings (SSSR count). The lowest BCUT2D eigenvalue weighted by Crippen LogP contribution is -2.18. The summed E-state index contributed by atoms with van der Waals surface area (Å²) in [5.41, 5.74) is 0.621. The third-order valence-electron chi connectivity index (χ3n) is 2.31. The first-order chi connectivity index (χ1) is 7.36. The van der Waals surface area contributed by atoms with Gasteiger partial charge in [0.05, 0.1) is 9.52 Å². The lowest BCUT2D eigenvalue weighted by Gasteiger charge is -2.10. The van der Waals surface area contributed by atoms with Crippen molar-refractivity contribution in [2.75, 3.05) is 5.88 Å². The second-order valence-corrected chi connectivity index (χ2v) is 5.52. The number of rotatable bonds is 7. The smallest absolute Gasteiger partial charge is 0.0884 e. The zero-order chi connectivity index (χ0) is 10.9. The van der Waals surface area contributed by atoms with Gasteiger partial charge in [-0.3, -0.25) is 0 Å². The Bertz CT molecular complexity index is 271. The van der Waals surface area contributed by atoms with Crippen LogP contribution in [0, 0.1) is 0 Å². The van der Waals surface area contributed by atoms with E-state index in [1.165, 1.54) is 18.0 Å². The van der Waals surface area contributed by atoms with Crippen molar-refractivity contribution in [3.05, 3.63) is 43.0 Å². The van der Waals surface area contributed by atoms with E-state index in [4.69, 9.17) is 11.6 Å². The summed E-state index contributed by atoms with van der Waals surface area (Å²) in [7, 11) is 0.846. The summed E-state index contributed by atoms with van der Waals surface area (Å²) in [6.45, 7) is 3.91. The minimum atomic E-state index is 0.621. The number of hydrogen-bond acceptors (Lipinski definition) is 0. The maximum Gasteiger partial charge on any atom is 0.0884 e. The predicted octanol–water partition coefficient (Wildman–Crippen LogP) is 3.40. The van der Waals surface area contributed by atoms with Gasteiger partial charge in [-0.05, 0) is 18.4 Å². The van der Waals surface area contributed by atoms with Gasteiger partial charge in [-0.1, -0.05) is 48.0 Å². The van der Waals surface area contributed by atoms with Crippen molar-refractivity contribution >= 4 is 26.3 Å². The molecule has 0 fully saturated rings. The number of benzene rings is 1. The third-order valence-corrected chi connectivity index (χ3v) is 4.14. The largest absolute Gasteiger partial charge is 0.127 e. The fourth-order valence-corrected chi connectivity index (χ4v) is 2.92. The van der Waals surface area contributed by atoms with Gasteiger partial charge in [-0.2, -0.15) is 0 Å². The molecule has 1 unspecified atom stereocenters. The van der Waals surface area contributed by atoms with Crippen molar-refractivity contribution in [3.8, 4) is 0 Å². The molecule has 0 N–H and O–H groups in total. The van der Waals surface area contributed by atoms with Gasteiger partial charge in [0.15, 0.2) is 0 Å². The van der Waals surface area contributed by atoms with Crippen molar-refractivity contribution in [1.29, 1.82) is 0 Å². The lowest BCUT2D eigenvalue weighted by molar-refractivity contribution is 0.730. The van der Waals surface area contributed by atoms with Crippen LogP contribution in [-0.2, 0) is 0 Å². The maximum absolute atomic E-state index is 5.66. The molecule has 1 aromatic rings. The number of allylic oxidation sites excluding steroid dienone is 1. The third kappa shape index (κ3) is 5.19. The van der Waals surface area contributed by atoms with Gasteiger partial charge in [0.25, 0.3) is 0 Å². The molecule has 1 aromatic carbocycles. The molecule has 0 bridgehead atoms. The molecule has 0 heterocycles. The first-order valence-electron chi connectivity index (χ1n) is 5.37. The fourth-order valence-electron chi connectivity index (χ4n) is 1.46. The first kappa shape index (κ1) is 12.5. The van der Waals surface area contributed by atoms with Gasteiger partial charge in [0.1, 0.15) is 0 Å². The number of hydrogen-bond donors (Lipinski definition) is 0. The summed E-state index contributed by atoms with van der Waals surface area (Å²) in [5.74, 6) is 0.776. The summed E-state index contributed by atoms with van der Waals surface area (Å²) in [4.78, 5) is 0. The SMILES string of the molecule is C=CC(CCCCCl)[Si]c1ccccc1. The van der Waals surface area contributed by atoms with Crippen LogP contribution < -0.4 is 5.19 Å². The van der Waals surface area contributed by atoms with Crippen molar-refractivity contribution < 1.29 is 0 Å². The van der Waals surface area contributed by atoms with Crippen LogP contribution in [0.4, 0.5) is 0 Å². The molecular formula is C13H17ClSi. The van der Waals surface area contributed by atoms with Crippen LogP contribution in [0.2, 0.25) is 5.54 Å². The molecule has 0 aliphatic carbocycles. The molecule has 0 nitrogen and oxygen atoms in total. The van der Waals surface area contributed by atoms with Crippen molar-refractivity contribution in [2.24, 2.45) is 0 Å². The van der Waals surface area contributed by atoms with Crippen LogP contribution in [0.3, 0.4) is 0 Å². The molecular weight excluding hydrogens is 220 g/mol. The molecule has 0 amide bonds. The number of alkyl halides is 1. The van der Waals surface area contributed by atoms with E-state index in [-0.39, 0.29) is 0 Å². The second kappa shape index (κ2) is 7.72. The zero-order valence-corrected chi connectivity index (χ0v) is 10.7. The van der Waals surface area contributed by atoms with E-state index in [1.54, 1.807) is 0 Å². The van der Waals surface area contributed by atoms with Crippen LogP contribution >= 0.6 is 11.6 Å². The molecule has 0 saturated heterocycles. The Balaban J connectivity index is 2.37. The molecule has 2 radical (unpaired) electrons. The van der Waals surface area contributed by atoms with Crippen LogP contribution in [-0.4, -0.2) is 15.4 Å². The standard InChI is InChI=1S/C13H17ClSi/c1-2-12(8-6-7-11-14)15-13-9-4-3-5-10-13/h2-5,9-10,12H,1,6-8,11H2. The Morgan fingerprint density at radius 1 is 1.27 bits per heavy atom. The summed E-state index contributed by atoms with van der Waals surface area (Å²) < 4.78 is 0. The van der Waals surface area contributed by atoms with Crippen LogP contribution in [0.15, 0.2) is 43.0 Å². The highest BCUT2D eigenvalue weighted by atomic mass is 35.5. The summed E-state index contributed by atoms with van der Waals surface area (Å²) in [5, 5.41) is 1.42. The summed E-state index contributed by atoms with van der Waals surface area (Å²) >= 11 is 5.66. The summed E-state index contributed by atoms with van der Waals surface area (Å²) in [6.07, 6.45) is 5.62. The molecule has 0 spiro atoms. The van der Waals surface area contributed by atoms with E-state index >= 15 is 0 Å². The minimum absolute atomic E-state index is 0.621. The summed E-state index contributed by atoms with van der Waals surface area (Å²) in [6, 6.07) is 10.6. The Labute approximate surface area is 100 Å². The van der Waals surface area contributed by atoms with Crippen molar-refractivity contribution in [3.63, 3.8) is 0 Å². The normalized spacial score (nSPS) is 12.3. The zero-order valence-electron chi connectivity index (χ0n) is 8.95. The van der Waals surface area contributed by atoms with E-state index < -0.39 is 0 Å². The molecule has 1 atom stereocenters. The fraction of sp³-hybridized carbons (Fsp3) is 0.385. The van der Waals surface area contributed by atoms with Gasteiger partial charge in [0, 0.05) is 5.88 Å². The Hall–Kier alpha value is -0.533. The monoisotopic (exact) mass is 236 g/mol. The van der Waals surface area contributed by atoms with E-state index in [1.807, 2.05) is 0 Å². The Kier molecular flexibility index (Phi) is 6.45. The highest BCUT2D eigenvalue weighted by Gasteiger charge is 2.06. The van der Waals surface area contributed by atoms with Gasteiger partial charge in [0.2, 0.25) is 0 Å². The van der Waals surface area contributed by atoms with E-state index in [9.17, 15) is 0 Å². The van der Waals surface area contributed by atoms with E-state index in [2.05, 4.69) is 43.0 Å². The Morgan fingerprint density at radius 2 is 2.00 bits per heavy atom. The number of halogens is 1. The van der Waals surface area contributed by atoms with E-state index in [0.717, 1.165) is 21.8 Å². The first-order valence-corrected chi connectivity index (χ1v) is 6.98. The molecule has 2 heteroatoms. The number of unbranched alkanes of at least 4 members (excludes halogenated alkanes) is 1. The van der Waals surface area contributed by atoms with Crippen LogP contribution in [0.25, 0.3) is 0 Å². The quantitative estimate of drug-likeness (QED) is 0.295. The lowest BCUT2D eigenvalue weighted by atomic mass is 10.2. The van der Waals surface area contributed by atoms with Gasteiger partial charge in [-0.25, -0.2) is 0 Å². The minimum Gasteiger partial charge on any atom is -0.127 e. The van der Waals surface area contributed by atoms with Crippen LogP contribution in [0.5, 0.6) is 0 Å². The van der Waals surface area contributed by atoms with Crippen molar-refractivity contribution in [2.45, 2.75) is 24.8 Å². The predicted molar refractivity (Wildman–Crippen MR) is 70.3 cm³/mol. The van der Waals surface area contributed by atoms with Gasteiger partial charge < -0.3 is 0 Å². The molecule has 0 aromatic heterocycles. The molecule has 15 heavy (non-hydrogen) atoms. The second-order valence-electron chi connectivity index (χ2n) is 3.54. The highest BCUT2D eigenvalue weighted by Crippen LogP contribution is 2.14. The van der Waals surface area contributed by atoms with E-state index in [0.29, 0.717) is 5.54 Å². The molecule has 80 valence electrons. The molecule has 0 saturated carbocycles. The molecule has 0 aliphatic heterocycles.